The number of quaternary nitrogens is 1. The van der Waals surface area contributed by atoms with Crippen LogP contribution in [0.4, 0.5) is 5.69 Å². The van der Waals surface area contributed by atoms with Gasteiger partial charge in [0, 0.05) is 0 Å². The minimum atomic E-state index is -1.12. The van der Waals surface area contributed by atoms with Crippen LogP contribution >= 0.6 is 0 Å². The van der Waals surface area contributed by atoms with Gasteiger partial charge in [0.25, 0.3) is 0 Å². The molecule has 94 valence electrons. The summed E-state index contributed by atoms with van der Waals surface area (Å²) in [5, 5.41) is 12.3. The third-order valence-electron chi connectivity index (χ3n) is 2.42. The summed E-state index contributed by atoms with van der Waals surface area (Å²) in [5.41, 5.74) is 2.56. The summed E-state index contributed by atoms with van der Waals surface area (Å²) in [6.45, 7) is 1.90. The van der Waals surface area contributed by atoms with E-state index >= 15 is 0 Å². The van der Waals surface area contributed by atoms with Gasteiger partial charge in [-0.3, -0.25) is 0 Å². The van der Waals surface area contributed by atoms with Gasteiger partial charge in [-0.1, -0.05) is 48.0 Å². The number of rotatable bonds is 2. The molecular weight excluding hydrogens is 226 g/mol. The van der Waals surface area contributed by atoms with Crippen molar-refractivity contribution in [1.29, 1.82) is 0 Å². The van der Waals surface area contributed by atoms with Gasteiger partial charge in [-0.15, -0.1) is 0 Å². The molecule has 0 bridgehead atoms. The maximum absolute atomic E-state index is 10.2. The molecule has 0 atom stereocenters. The van der Waals surface area contributed by atoms with Crippen LogP contribution in [0.2, 0.25) is 0 Å². The maximum Gasteiger partial charge on any atom is 0.129 e. The molecule has 0 heterocycles. The average Bonchev–Trinajstić information content (AvgIpc) is 2.41. The fourth-order valence-corrected chi connectivity index (χ4v) is 1.34. The van der Waals surface area contributed by atoms with Gasteiger partial charge in [0.2, 0.25) is 0 Å². The molecule has 3 nitrogen and oxygen atoms in total. The van der Waals surface area contributed by atoms with Crippen LogP contribution < -0.4 is 10.4 Å². The first-order chi connectivity index (χ1) is 8.63. The summed E-state index contributed by atoms with van der Waals surface area (Å²) in [6, 6.07) is 16.8. The van der Waals surface area contributed by atoms with E-state index < -0.39 is 5.97 Å². The number of aryl methyl sites for hydroxylation is 1. The highest BCUT2D eigenvalue weighted by molar-refractivity contribution is 5.85. The molecule has 0 aliphatic carbocycles. The Hall–Kier alpha value is -2.13. The average molecular weight is 243 g/mol. The lowest BCUT2D eigenvalue weighted by Gasteiger charge is -2.00. The molecule has 0 aromatic heterocycles. The lowest BCUT2D eigenvalue weighted by molar-refractivity contribution is -0.539. The molecule has 0 aliphatic rings. The van der Waals surface area contributed by atoms with Gasteiger partial charge in [0.1, 0.15) is 5.69 Å². The van der Waals surface area contributed by atoms with Gasteiger partial charge >= 0.3 is 0 Å². The van der Waals surface area contributed by atoms with Crippen molar-refractivity contribution < 1.29 is 15.2 Å². The number of carbonyl (C=O) groups excluding carboxylic acids is 1. The van der Waals surface area contributed by atoms with Crippen LogP contribution in [0.1, 0.15) is 15.9 Å². The van der Waals surface area contributed by atoms with E-state index in [1.54, 1.807) is 12.1 Å². The summed E-state index contributed by atoms with van der Waals surface area (Å²) in [4.78, 5) is 10.2. The Labute approximate surface area is 107 Å². The van der Waals surface area contributed by atoms with Crippen LogP contribution in [0.5, 0.6) is 0 Å². The van der Waals surface area contributed by atoms with Crippen molar-refractivity contribution >= 4 is 11.7 Å². The standard InChI is InChI=1S/C8H8O2.C7H9N/c1-6-2-4-7(5-3-6)8(9)10;1-8-7-5-3-2-4-6-7/h2-5H,1H3,(H,9,10);2-6,8H,1H3. The number of carboxylic acid groups (broad SMARTS) is 1. The molecule has 3 heteroatoms. The Balaban J connectivity index is 0.000000184. The zero-order valence-electron chi connectivity index (χ0n) is 10.6. The fraction of sp³-hybridized carbons (Fsp3) is 0.133. The number of hydrogen-bond donors (Lipinski definition) is 1. The first kappa shape index (κ1) is 13.9. The quantitative estimate of drug-likeness (QED) is 0.796. The van der Waals surface area contributed by atoms with Crippen molar-refractivity contribution in [1.82, 2.24) is 0 Å². The number of carboxylic acids is 1. The second-order valence-electron chi connectivity index (χ2n) is 3.85. The minimum Gasteiger partial charge on any atom is -0.545 e. The fourth-order valence-electron chi connectivity index (χ4n) is 1.34. The third-order valence-corrected chi connectivity index (χ3v) is 2.42. The predicted octanol–water partition coefficient (Wildman–Crippen LogP) is 0.870. The zero-order chi connectivity index (χ0) is 13.4. The number of benzene rings is 2. The van der Waals surface area contributed by atoms with Crippen LogP contribution in [-0.2, 0) is 0 Å². The van der Waals surface area contributed by atoms with Crippen molar-refractivity contribution in [2.45, 2.75) is 6.92 Å². The highest BCUT2D eigenvalue weighted by Crippen LogP contribution is 2.00. The van der Waals surface area contributed by atoms with Crippen LogP contribution in [0.25, 0.3) is 0 Å². The Morgan fingerprint density at radius 1 is 1.00 bits per heavy atom. The molecule has 0 fully saturated rings. The van der Waals surface area contributed by atoms with Crippen molar-refractivity contribution in [3.8, 4) is 0 Å². The van der Waals surface area contributed by atoms with E-state index in [-0.39, 0.29) is 5.56 Å². The monoisotopic (exact) mass is 243 g/mol. The maximum atomic E-state index is 10.2. The highest BCUT2D eigenvalue weighted by atomic mass is 16.4. The van der Waals surface area contributed by atoms with Crippen LogP contribution in [0, 0.1) is 6.92 Å². The van der Waals surface area contributed by atoms with E-state index in [1.807, 2.05) is 32.2 Å². The molecule has 2 aromatic carbocycles. The van der Waals surface area contributed by atoms with Gasteiger partial charge in [-0.05, 0) is 24.6 Å². The topological polar surface area (TPSA) is 56.7 Å². The number of aromatic carboxylic acids is 1. The predicted molar refractivity (Wildman–Crippen MR) is 69.5 cm³/mol. The van der Waals surface area contributed by atoms with E-state index in [2.05, 4.69) is 17.4 Å². The molecule has 0 saturated heterocycles. The summed E-state index contributed by atoms with van der Waals surface area (Å²) in [7, 11) is 2.04. The van der Waals surface area contributed by atoms with Gasteiger partial charge in [-0.2, -0.15) is 0 Å². The molecule has 2 N–H and O–H groups in total. The van der Waals surface area contributed by atoms with E-state index in [9.17, 15) is 9.90 Å². The SMILES string of the molecule is C[NH2+]c1ccccc1.Cc1ccc(C(=O)[O-])cc1. The van der Waals surface area contributed by atoms with E-state index in [1.165, 1.54) is 17.8 Å². The third kappa shape index (κ3) is 4.80. The van der Waals surface area contributed by atoms with E-state index in [0.29, 0.717) is 0 Å². The second-order valence-corrected chi connectivity index (χ2v) is 3.85. The van der Waals surface area contributed by atoms with Crippen LogP contribution in [-0.4, -0.2) is 13.0 Å². The first-order valence-electron chi connectivity index (χ1n) is 5.76. The zero-order valence-corrected chi connectivity index (χ0v) is 10.6. The summed E-state index contributed by atoms with van der Waals surface area (Å²) in [5.74, 6) is -1.12. The number of para-hydroxylation sites is 1. The normalized spacial score (nSPS) is 9.22. The summed E-state index contributed by atoms with van der Waals surface area (Å²) < 4.78 is 0. The molecule has 2 rings (SSSR count). The van der Waals surface area contributed by atoms with Crippen LogP contribution in [0.15, 0.2) is 54.6 Å². The molecular formula is C15H17NO2. The van der Waals surface area contributed by atoms with Crippen LogP contribution in [0.3, 0.4) is 0 Å². The first-order valence-corrected chi connectivity index (χ1v) is 5.76. The minimum absolute atomic E-state index is 0.227. The molecule has 0 radical (unpaired) electrons. The number of nitrogens with two attached hydrogens (primary N) is 1. The Bertz CT molecular complexity index is 478. The van der Waals surface area contributed by atoms with Gasteiger partial charge < -0.3 is 15.2 Å². The van der Waals surface area contributed by atoms with Crippen molar-refractivity contribution in [2.75, 3.05) is 7.05 Å². The molecule has 18 heavy (non-hydrogen) atoms. The summed E-state index contributed by atoms with van der Waals surface area (Å²) in [6.07, 6.45) is 0. The lowest BCUT2D eigenvalue weighted by atomic mass is 10.2. The van der Waals surface area contributed by atoms with Gasteiger partial charge in [0.05, 0.1) is 13.0 Å². The van der Waals surface area contributed by atoms with Gasteiger partial charge in [0.15, 0.2) is 0 Å². The van der Waals surface area contributed by atoms with Crippen molar-refractivity contribution in [3.63, 3.8) is 0 Å². The molecule has 0 spiro atoms. The Morgan fingerprint density at radius 3 is 1.94 bits per heavy atom. The van der Waals surface area contributed by atoms with E-state index in [4.69, 9.17) is 0 Å². The molecule has 0 unspecified atom stereocenters. The smallest absolute Gasteiger partial charge is 0.129 e. The lowest BCUT2D eigenvalue weighted by Crippen LogP contribution is -2.72. The Kier molecular flexibility index (Phi) is 5.61. The summed E-state index contributed by atoms with van der Waals surface area (Å²) >= 11 is 0. The number of carbonyl (C=O) groups is 1. The molecule has 0 saturated carbocycles. The molecule has 2 aromatic rings. The van der Waals surface area contributed by atoms with Gasteiger partial charge in [-0.25, -0.2) is 0 Å². The van der Waals surface area contributed by atoms with Crippen molar-refractivity contribution in [2.24, 2.45) is 0 Å². The largest absolute Gasteiger partial charge is 0.545 e. The Morgan fingerprint density at radius 2 is 1.56 bits per heavy atom. The van der Waals surface area contributed by atoms with E-state index in [0.717, 1.165) is 5.56 Å². The molecule has 0 aliphatic heterocycles. The molecule has 0 amide bonds. The van der Waals surface area contributed by atoms with Crippen molar-refractivity contribution in [3.05, 3.63) is 65.7 Å². The highest BCUT2D eigenvalue weighted by Gasteiger charge is 1.89. The number of hydrogen-bond acceptors (Lipinski definition) is 2. The second kappa shape index (κ2) is 7.25.